The van der Waals surface area contributed by atoms with E-state index in [1.54, 1.807) is 6.20 Å². The fraction of sp³-hybridized carbons (Fsp3) is 0.263. The molecule has 2 heterocycles. The maximum atomic E-state index is 4.63. The normalized spacial score (nSPS) is 14.3. The Balaban J connectivity index is 1.54. The zero-order valence-corrected chi connectivity index (χ0v) is 13.1. The molecule has 1 saturated heterocycles. The summed E-state index contributed by atoms with van der Waals surface area (Å²) in [5.41, 5.74) is 4.50. The lowest BCUT2D eigenvalue weighted by Gasteiger charge is -2.21. The average molecular weight is 304 g/mol. The van der Waals surface area contributed by atoms with Crippen molar-refractivity contribution in [3.05, 3.63) is 60.3 Å². The van der Waals surface area contributed by atoms with Gasteiger partial charge in [-0.2, -0.15) is 0 Å². The van der Waals surface area contributed by atoms with E-state index in [0.717, 1.165) is 36.5 Å². The maximum absolute atomic E-state index is 4.63. The number of hydrogen-bond acceptors (Lipinski definition) is 4. The third-order valence-electron chi connectivity index (χ3n) is 4.35. The van der Waals surface area contributed by atoms with Gasteiger partial charge < -0.3 is 10.2 Å². The number of hydrogen-bond donors (Lipinski definition) is 1. The Morgan fingerprint density at radius 2 is 1.65 bits per heavy atom. The van der Waals surface area contributed by atoms with Crippen molar-refractivity contribution in [3.63, 3.8) is 0 Å². The molecule has 0 radical (unpaired) electrons. The summed E-state index contributed by atoms with van der Waals surface area (Å²) in [7, 11) is 0. The third kappa shape index (κ3) is 2.97. The van der Waals surface area contributed by atoms with Crippen LogP contribution in [-0.2, 0) is 6.54 Å². The van der Waals surface area contributed by atoms with Gasteiger partial charge in [-0.1, -0.05) is 30.3 Å². The first kappa shape index (κ1) is 14.0. The fourth-order valence-corrected chi connectivity index (χ4v) is 3.15. The van der Waals surface area contributed by atoms with Crippen LogP contribution in [0.3, 0.4) is 0 Å². The molecule has 23 heavy (non-hydrogen) atoms. The molecule has 1 aliphatic rings. The summed E-state index contributed by atoms with van der Waals surface area (Å²) in [5, 5.41) is 3.42. The number of aromatic nitrogens is 2. The Hall–Kier alpha value is -2.62. The van der Waals surface area contributed by atoms with E-state index in [2.05, 4.69) is 44.5 Å². The van der Waals surface area contributed by atoms with Gasteiger partial charge in [-0.3, -0.25) is 4.98 Å². The summed E-state index contributed by atoms with van der Waals surface area (Å²) in [4.78, 5) is 11.6. The molecular formula is C19H20N4. The van der Waals surface area contributed by atoms with Gasteiger partial charge in [0.05, 0.1) is 17.2 Å². The van der Waals surface area contributed by atoms with Crippen molar-refractivity contribution >= 4 is 22.5 Å². The van der Waals surface area contributed by atoms with Crippen molar-refractivity contribution in [2.24, 2.45) is 0 Å². The minimum atomic E-state index is 0.764. The van der Waals surface area contributed by atoms with E-state index in [-0.39, 0.29) is 0 Å². The topological polar surface area (TPSA) is 41.0 Å². The average Bonchev–Trinajstić information content (AvgIpc) is 3.14. The van der Waals surface area contributed by atoms with E-state index in [0.29, 0.717) is 0 Å². The van der Waals surface area contributed by atoms with Crippen molar-refractivity contribution in [2.45, 2.75) is 19.4 Å². The number of para-hydroxylation sites is 3. The monoisotopic (exact) mass is 304 g/mol. The molecule has 4 rings (SSSR count). The summed E-state index contributed by atoms with van der Waals surface area (Å²) in [6, 6.07) is 16.6. The van der Waals surface area contributed by atoms with E-state index >= 15 is 0 Å². The number of anilines is 2. The Morgan fingerprint density at radius 3 is 2.52 bits per heavy atom. The molecule has 116 valence electrons. The molecule has 1 aliphatic heterocycles. The van der Waals surface area contributed by atoms with Crippen molar-refractivity contribution in [2.75, 3.05) is 23.3 Å². The molecule has 4 heteroatoms. The van der Waals surface area contributed by atoms with Crippen LogP contribution in [-0.4, -0.2) is 23.1 Å². The summed E-state index contributed by atoms with van der Waals surface area (Å²) in [6.07, 6.45) is 4.39. The second-order valence-corrected chi connectivity index (χ2v) is 5.92. The summed E-state index contributed by atoms with van der Waals surface area (Å²) in [5.74, 6) is 0.819. The van der Waals surface area contributed by atoms with Crippen molar-refractivity contribution < 1.29 is 0 Å². The van der Waals surface area contributed by atoms with Crippen LogP contribution in [0.15, 0.2) is 54.7 Å². The van der Waals surface area contributed by atoms with Gasteiger partial charge in [0.1, 0.15) is 5.82 Å². The van der Waals surface area contributed by atoms with Crippen LogP contribution >= 0.6 is 0 Å². The maximum Gasteiger partial charge on any atom is 0.145 e. The number of benzene rings is 2. The van der Waals surface area contributed by atoms with Gasteiger partial charge in [-0.15, -0.1) is 0 Å². The lowest BCUT2D eigenvalue weighted by Crippen LogP contribution is -2.20. The molecule has 3 aromatic rings. The number of nitrogens with one attached hydrogen (secondary N) is 1. The Morgan fingerprint density at radius 1 is 0.913 bits per heavy atom. The van der Waals surface area contributed by atoms with Gasteiger partial charge in [-0.05, 0) is 36.6 Å². The minimum absolute atomic E-state index is 0.764. The van der Waals surface area contributed by atoms with Crippen LogP contribution in [0.4, 0.5) is 11.5 Å². The first-order valence-electron chi connectivity index (χ1n) is 8.19. The largest absolute Gasteiger partial charge is 0.371 e. The zero-order valence-electron chi connectivity index (χ0n) is 13.1. The van der Waals surface area contributed by atoms with Crippen LogP contribution in [0.1, 0.15) is 18.4 Å². The Labute approximate surface area is 136 Å². The van der Waals surface area contributed by atoms with Gasteiger partial charge in [0.15, 0.2) is 0 Å². The van der Waals surface area contributed by atoms with E-state index in [1.807, 2.05) is 24.3 Å². The molecule has 0 spiro atoms. The molecule has 0 unspecified atom stereocenters. The molecule has 0 aliphatic carbocycles. The number of nitrogens with zero attached hydrogens (tertiary/aromatic N) is 3. The zero-order chi connectivity index (χ0) is 15.5. The van der Waals surface area contributed by atoms with E-state index in [4.69, 9.17) is 0 Å². The molecular weight excluding hydrogens is 284 g/mol. The van der Waals surface area contributed by atoms with Gasteiger partial charge in [-0.25, -0.2) is 4.98 Å². The van der Waals surface area contributed by atoms with E-state index < -0.39 is 0 Å². The highest BCUT2D eigenvalue weighted by molar-refractivity contribution is 5.75. The van der Waals surface area contributed by atoms with Crippen LogP contribution < -0.4 is 10.2 Å². The third-order valence-corrected chi connectivity index (χ3v) is 4.35. The Kier molecular flexibility index (Phi) is 3.80. The van der Waals surface area contributed by atoms with Gasteiger partial charge in [0, 0.05) is 25.3 Å². The molecule has 0 atom stereocenters. The predicted octanol–water partition coefficient (Wildman–Crippen LogP) is 3.84. The van der Waals surface area contributed by atoms with Gasteiger partial charge in [0.2, 0.25) is 0 Å². The smallest absolute Gasteiger partial charge is 0.145 e. The highest BCUT2D eigenvalue weighted by atomic mass is 15.1. The van der Waals surface area contributed by atoms with E-state index in [1.165, 1.54) is 24.1 Å². The van der Waals surface area contributed by atoms with Crippen LogP contribution in [0.25, 0.3) is 11.0 Å². The lowest BCUT2D eigenvalue weighted by atomic mass is 10.1. The van der Waals surface area contributed by atoms with Gasteiger partial charge >= 0.3 is 0 Å². The van der Waals surface area contributed by atoms with Crippen molar-refractivity contribution in [3.8, 4) is 0 Å². The van der Waals surface area contributed by atoms with Gasteiger partial charge in [0.25, 0.3) is 0 Å². The molecule has 1 N–H and O–H groups in total. The highest BCUT2D eigenvalue weighted by Gasteiger charge is 2.15. The first-order valence-corrected chi connectivity index (χ1v) is 8.19. The molecule has 0 amide bonds. The van der Waals surface area contributed by atoms with Crippen LogP contribution in [0.2, 0.25) is 0 Å². The van der Waals surface area contributed by atoms with E-state index in [9.17, 15) is 0 Å². The van der Waals surface area contributed by atoms with Crippen molar-refractivity contribution in [1.82, 2.24) is 9.97 Å². The Bertz CT molecular complexity index is 809. The molecule has 1 aromatic heterocycles. The summed E-state index contributed by atoms with van der Waals surface area (Å²) < 4.78 is 0. The minimum Gasteiger partial charge on any atom is -0.371 e. The molecule has 0 bridgehead atoms. The standard InChI is InChI=1S/C19H20N4/c1-4-10-18(23-11-5-6-12-23)15(7-1)13-21-19-14-20-16-8-2-3-9-17(16)22-19/h1-4,7-10,14H,5-6,11-13H2,(H,21,22). The lowest BCUT2D eigenvalue weighted by molar-refractivity contribution is 0.948. The SMILES string of the molecule is c1ccc(N2CCCC2)c(CNc2cnc3ccccc3n2)c1. The predicted molar refractivity (Wildman–Crippen MR) is 94.8 cm³/mol. The van der Waals surface area contributed by atoms with Crippen molar-refractivity contribution in [1.29, 1.82) is 0 Å². The fourth-order valence-electron chi connectivity index (χ4n) is 3.15. The van der Waals surface area contributed by atoms with Crippen LogP contribution in [0, 0.1) is 0 Å². The number of rotatable bonds is 4. The second kappa shape index (κ2) is 6.24. The molecule has 2 aromatic carbocycles. The summed E-state index contributed by atoms with van der Waals surface area (Å²) in [6.45, 7) is 3.08. The highest BCUT2D eigenvalue weighted by Crippen LogP contribution is 2.25. The number of fused-ring (bicyclic) bond motifs is 1. The molecule has 1 fully saturated rings. The summed E-state index contributed by atoms with van der Waals surface area (Å²) >= 11 is 0. The molecule has 4 nitrogen and oxygen atoms in total. The quantitative estimate of drug-likeness (QED) is 0.795. The first-order chi connectivity index (χ1) is 11.4. The van der Waals surface area contributed by atoms with Crippen LogP contribution in [0.5, 0.6) is 0 Å². The second-order valence-electron chi connectivity index (χ2n) is 5.92. The molecule has 0 saturated carbocycles.